The minimum atomic E-state index is -0.120. The van der Waals surface area contributed by atoms with Crippen LogP contribution in [0.25, 0.3) is 0 Å². The van der Waals surface area contributed by atoms with Crippen LogP contribution in [-0.2, 0) is 11.3 Å². The summed E-state index contributed by atoms with van der Waals surface area (Å²) in [6.07, 6.45) is 3.62. The molecule has 2 heterocycles. The summed E-state index contributed by atoms with van der Waals surface area (Å²) in [5, 5.41) is 0. The summed E-state index contributed by atoms with van der Waals surface area (Å²) in [5.74, 6) is -0.0167. The highest BCUT2D eigenvalue weighted by atomic mass is 16.5. The summed E-state index contributed by atoms with van der Waals surface area (Å²) in [5.41, 5.74) is 2.85. The van der Waals surface area contributed by atoms with Gasteiger partial charge in [0.2, 0.25) is 0 Å². The number of ether oxygens (including phenoxy) is 1. The third-order valence-corrected chi connectivity index (χ3v) is 4.83. The number of amides is 1. The molecule has 0 N–H and O–H groups in total. The molecule has 1 aromatic heterocycles. The number of carbonyl (C=O) groups is 1. The van der Waals surface area contributed by atoms with E-state index < -0.39 is 0 Å². The lowest BCUT2D eigenvalue weighted by atomic mass is 9.99. The highest BCUT2D eigenvalue weighted by molar-refractivity contribution is 5.94. The van der Waals surface area contributed by atoms with Gasteiger partial charge in [-0.25, -0.2) is 0 Å². The second kappa shape index (κ2) is 7.66. The Labute approximate surface area is 147 Å². The van der Waals surface area contributed by atoms with Gasteiger partial charge in [-0.2, -0.15) is 0 Å². The maximum Gasteiger partial charge on any atom is 0.255 e. The summed E-state index contributed by atoms with van der Waals surface area (Å²) in [6.45, 7) is 3.71. The number of hydrogen-bond acceptors (Lipinski definition) is 3. The number of pyridine rings is 1. The quantitative estimate of drug-likeness (QED) is 0.841. The number of methoxy groups -OCH3 is 1. The van der Waals surface area contributed by atoms with Crippen LogP contribution in [0.1, 0.15) is 40.4 Å². The summed E-state index contributed by atoms with van der Waals surface area (Å²) in [7, 11) is 1.59. The van der Waals surface area contributed by atoms with E-state index in [2.05, 4.69) is 19.1 Å². The first-order chi connectivity index (χ1) is 12.1. The first-order valence-corrected chi connectivity index (χ1v) is 8.67. The number of benzene rings is 1. The number of nitrogens with zero attached hydrogens (tertiary/aromatic N) is 2. The van der Waals surface area contributed by atoms with Crippen molar-refractivity contribution < 1.29 is 9.53 Å². The fraction of sp³-hybridized carbons (Fsp3) is 0.400. The van der Waals surface area contributed by atoms with Crippen molar-refractivity contribution in [1.82, 2.24) is 9.47 Å². The number of aryl methyl sites for hydroxylation is 1. The Morgan fingerprint density at radius 2 is 2.04 bits per heavy atom. The number of aromatic nitrogens is 1. The number of likely N-dealkylation sites (tertiary alicyclic amines) is 1. The molecule has 1 saturated heterocycles. The zero-order chi connectivity index (χ0) is 17.8. The molecule has 0 aliphatic carbocycles. The van der Waals surface area contributed by atoms with Crippen LogP contribution in [0.2, 0.25) is 0 Å². The molecule has 1 atom stereocenters. The predicted molar refractivity (Wildman–Crippen MR) is 96.8 cm³/mol. The molecule has 5 heteroatoms. The Morgan fingerprint density at radius 3 is 2.80 bits per heavy atom. The molecule has 0 saturated carbocycles. The predicted octanol–water partition coefficient (Wildman–Crippen LogP) is 2.78. The molecule has 1 aliphatic rings. The van der Waals surface area contributed by atoms with E-state index >= 15 is 0 Å². The van der Waals surface area contributed by atoms with Gasteiger partial charge < -0.3 is 14.2 Å². The van der Waals surface area contributed by atoms with E-state index in [1.54, 1.807) is 19.4 Å². The van der Waals surface area contributed by atoms with Gasteiger partial charge in [-0.05, 0) is 37.0 Å². The van der Waals surface area contributed by atoms with E-state index in [9.17, 15) is 9.59 Å². The van der Waals surface area contributed by atoms with E-state index in [0.29, 0.717) is 18.7 Å². The zero-order valence-electron chi connectivity index (χ0n) is 14.8. The first-order valence-electron chi connectivity index (χ1n) is 8.67. The second-order valence-corrected chi connectivity index (χ2v) is 6.46. The van der Waals surface area contributed by atoms with Crippen molar-refractivity contribution in [3.05, 3.63) is 69.6 Å². The van der Waals surface area contributed by atoms with E-state index in [1.807, 2.05) is 17.0 Å². The van der Waals surface area contributed by atoms with Gasteiger partial charge in [-0.15, -0.1) is 0 Å². The molecule has 1 aliphatic heterocycles. The van der Waals surface area contributed by atoms with Crippen molar-refractivity contribution in [3.63, 3.8) is 0 Å². The van der Waals surface area contributed by atoms with E-state index in [-0.39, 0.29) is 17.5 Å². The molecule has 3 rings (SSSR count). The third-order valence-electron chi connectivity index (χ3n) is 4.83. The van der Waals surface area contributed by atoms with Gasteiger partial charge >= 0.3 is 0 Å². The molecule has 0 bridgehead atoms. The van der Waals surface area contributed by atoms with Crippen LogP contribution in [-0.4, -0.2) is 35.6 Å². The van der Waals surface area contributed by atoms with Crippen molar-refractivity contribution in [3.8, 4) is 0 Å². The van der Waals surface area contributed by atoms with E-state index in [4.69, 9.17) is 4.74 Å². The molecule has 132 valence electrons. The van der Waals surface area contributed by atoms with Crippen molar-refractivity contribution in [2.24, 2.45) is 0 Å². The van der Waals surface area contributed by atoms with Crippen LogP contribution in [0.5, 0.6) is 0 Å². The summed E-state index contributed by atoms with van der Waals surface area (Å²) in [6, 6.07) is 11.4. The minimum absolute atomic E-state index is 0.0167. The van der Waals surface area contributed by atoms with Crippen LogP contribution < -0.4 is 5.56 Å². The van der Waals surface area contributed by atoms with Crippen molar-refractivity contribution in [1.29, 1.82) is 0 Å². The average Bonchev–Trinajstić information content (AvgIpc) is 3.10. The SMILES string of the molecule is COCCn1cc(C(=O)N2CCC[C@@H]2c2ccccc2C)ccc1=O. The van der Waals surface area contributed by atoms with Gasteiger partial charge in [0.25, 0.3) is 11.5 Å². The Bertz CT molecular complexity index is 813. The average molecular weight is 340 g/mol. The van der Waals surface area contributed by atoms with Gasteiger partial charge in [0.05, 0.1) is 18.2 Å². The van der Waals surface area contributed by atoms with Crippen LogP contribution in [0.4, 0.5) is 0 Å². The maximum absolute atomic E-state index is 13.1. The van der Waals surface area contributed by atoms with Gasteiger partial charge in [0.15, 0.2) is 0 Å². The molecular weight excluding hydrogens is 316 g/mol. The summed E-state index contributed by atoms with van der Waals surface area (Å²) < 4.78 is 6.57. The third kappa shape index (κ3) is 3.66. The zero-order valence-corrected chi connectivity index (χ0v) is 14.8. The largest absolute Gasteiger partial charge is 0.383 e. The van der Waals surface area contributed by atoms with Gasteiger partial charge in [0, 0.05) is 32.5 Å². The van der Waals surface area contributed by atoms with Crippen LogP contribution in [0, 0.1) is 6.92 Å². The topological polar surface area (TPSA) is 51.5 Å². The van der Waals surface area contributed by atoms with Crippen molar-refractivity contribution in [2.75, 3.05) is 20.3 Å². The standard InChI is InChI=1S/C20H24N2O3/c1-15-6-3-4-7-17(15)18-8-5-11-22(18)20(24)16-9-10-19(23)21(14-16)12-13-25-2/h3-4,6-7,9-10,14,18H,5,8,11-13H2,1-2H3/t18-/m1/s1. The lowest BCUT2D eigenvalue weighted by molar-refractivity contribution is 0.0734. The molecule has 5 nitrogen and oxygen atoms in total. The molecule has 1 fully saturated rings. The van der Waals surface area contributed by atoms with Gasteiger partial charge in [0.1, 0.15) is 0 Å². The van der Waals surface area contributed by atoms with Crippen LogP contribution >= 0.6 is 0 Å². The highest BCUT2D eigenvalue weighted by Gasteiger charge is 2.31. The normalized spacial score (nSPS) is 17.0. The molecule has 0 unspecified atom stereocenters. The number of carbonyl (C=O) groups excluding carboxylic acids is 1. The number of hydrogen-bond donors (Lipinski definition) is 0. The molecule has 0 spiro atoms. The summed E-state index contributed by atoms with van der Waals surface area (Å²) in [4.78, 5) is 26.9. The Hall–Kier alpha value is -2.40. The monoisotopic (exact) mass is 340 g/mol. The lowest BCUT2D eigenvalue weighted by Crippen LogP contribution is -2.32. The van der Waals surface area contributed by atoms with E-state index in [0.717, 1.165) is 19.4 Å². The van der Waals surface area contributed by atoms with Crippen molar-refractivity contribution in [2.45, 2.75) is 32.4 Å². The molecule has 1 aromatic carbocycles. The summed E-state index contributed by atoms with van der Waals surface area (Å²) >= 11 is 0. The Morgan fingerprint density at radius 1 is 1.24 bits per heavy atom. The highest BCUT2D eigenvalue weighted by Crippen LogP contribution is 2.34. The van der Waals surface area contributed by atoms with Gasteiger partial charge in [-0.3, -0.25) is 9.59 Å². The van der Waals surface area contributed by atoms with Crippen molar-refractivity contribution >= 4 is 5.91 Å². The Balaban J connectivity index is 1.87. The Kier molecular flexibility index (Phi) is 5.34. The second-order valence-electron chi connectivity index (χ2n) is 6.46. The van der Waals surface area contributed by atoms with Gasteiger partial charge in [-0.1, -0.05) is 24.3 Å². The fourth-order valence-electron chi connectivity index (χ4n) is 3.48. The van der Waals surface area contributed by atoms with Crippen LogP contribution in [0.15, 0.2) is 47.4 Å². The fourth-order valence-corrected chi connectivity index (χ4v) is 3.48. The molecule has 2 aromatic rings. The maximum atomic E-state index is 13.1. The molecular formula is C20H24N2O3. The first kappa shape index (κ1) is 17.4. The van der Waals surface area contributed by atoms with E-state index in [1.165, 1.54) is 21.8 Å². The molecule has 1 amide bonds. The lowest BCUT2D eigenvalue weighted by Gasteiger charge is -2.26. The molecule has 25 heavy (non-hydrogen) atoms. The van der Waals surface area contributed by atoms with Crippen LogP contribution in [0.3, 0.4) is 0 Å². The molecule has 0 radical (unpaired) electrons. The minimum Gasteiger partial charge on any atom is -0.383 e. The number of rotatable bonds is 5. The smallest absolute Gasteiger partial charge is 0.255 e.